The molecule has 1 unspecified atom stereocenters. The fraction of sp³-hybridized carbons (Fsp3) is 0.444. The normalized spacial score (nSPS) is 12.8. The molecule has 1 rings (SSSR count). The number of hydrogen-bond donors (Lipinski definition) is 3. The van der Waals surface area contributed by atoms with E-state index >= 15 is 0 Å². The Morgan fingerprint density at radius 3 is 3.08 bits per heavy atom. The van der Waals surface area contributed by atoms with Gasteiger partial charge in [-0.3, -0.25) is 4.98 Å². The number of aromatic nitrogens is 1. The Bertz CT molecular complexity index is 228. The van der Waals surface area contributed by atoms with Crippen LogP contribution in [-0.2, 0) is 6.54 Å². The number of nitrogens with zero attached hydrogens (tertiary/aromatic N) is 1. The molecule has 0 aromatic carbocycles. The maximum absolute atomic E-state index is 9.13. The van der Waals surface area contributed by atoms with Crippen LogP contribution in [0.2, 0.25) is 0 Å². The molecule has 0 amide bonds. The van der Waals surface area contributed by atoms with Crippen molar-refractivity contribution in [2.45, 2.75) is 12.6 Å². The van der Waals surface area contributed by atoms with Gasteiger partial charge in [-0.1, -0.05) is 6.07 Å². The van der Waals surface area contributed by atoms with Gasteiger partial charge in [0.2, 0.25) is 0 Å². The van der Waals surface area contributed by atoms with E-state index in [2.05, 4.69) is 10.3 Å². The smallest absolute Gasteiger partial charge is 0.0786 e. The number of nitrogens with one attached hydrogen (secondary N) is 1. The van der Waals surface area contributed by atoms with Gasteiger partial charge in [0.15, 0.2) is 0 Å². The Kier molecular flexibility index (Phi) is 4.39. The second-order valence-corrected chi connectivity index (χ2v) is 2.88. The molecule has 0 aliphatic carbocycles. The molecule has 4 N–H and O–H groups in total. The van der Waals surface area contributed by atoms with Crippen LogP contribution in [0.3, 0.4) is 0 Å². The Hall–Kier alpha value is -0.970. The van der Waals surface area contributed by atoms with E-state index in [1.165, 1.54) is 0 Å². The maximum atomic E-state index is 9.13. The Morgan fingerprint density at radius 2 is 2.46 bits per heavy atom. The summed E-state index contributed by atoms with van der Waals surface area (Å²) >= 11 is 0. The molecule has 1 aromatic heterocycles. The predicted molar refractivity (Wildman–Crippen MR) is 51.0 cm³/mol. The van der Waals surface area contributed by atoms with Gasteiger partial charge >= 0.3 is 0 Å². The van der Waals surface area contributed by atoms with Gasteiger partial charge < -0.3 is 16.2 Å². The van der Waals surface area contributed by atoms with Crippen molar-refractivity contribution in [2.75, 3.05) is 13.1 Å². The van der Waals surface area contributed by atoms with Crippen molar-refractivity contribution in [1.82, 2.24) is 10.3 Å². The van der Waals surface area contributed by atoms with E-state index in [0.717, 1.165) is 5.56 Å². The maximum Gasteiger partial charge on any atom is 0.0786 e. The minimum absolute atomic E-state index is 0.292. The highest BCUT2D eigenvalue weighted by Crippen LogP contribution is 1.93. The third kappa shape index (κ3) is 3.98. The molecule has 72 valence electrons. The number of aliphatic hydroxyl groups excluding tert-OH is 1. The first-order valence-corrected chi connectivity index (χ1v) is 4.30. The topological polar surface area (TPSA) is 71.2 Å². The van der Waals surface area contributed by atoms with Crippen LogP contribution in [0.1, 0.15) is 5.56 Å². The zero-order valence-electron chi connectivity index (χ0n) is 7.48. The van der Waals surface area contributed by atoms with Crippen LogP contribution in [0, 0.1) is 0 Å². The molecular formula is C9H15N3O. The molecule has 13 heavy (non-hydrogen) atoms. The molecule has 0 bridgehead atoms. The van der Waals surface area contributed by atoms with Crippen molar-refractivity contribution < 1.29 is 5.11 Å². The second-order valence-electron chi connectivity index (χ2n) is 2.88. The van der Waals surface area contributed by atoms with E-state index in [-0.39, 0.29) is 0 Å². The van der Waals surface area contributed by atoms with Crippen LogP contribution in [0.5, 0.6) is 0 Å². The summed E-state index contributed by atoms with van der Waals surface area (Å²) in [7, 11) is 0. The van der Waals surface area contributed by atoms with Crippen molar-refractivity contribution in [2.24, 2.45) is 5.73 Å². The Labute approximate surface area is 77.8 Å². The van der Waals surface area contributed by atoms with Gasteiger partial charge in [0.25, 0.3) is 0 Å². The fourth-order valence-corrected chi connectivity index (χ4v) is 0.969. The van der Waals surface area contributed by atoms with Crippen LogP contribution < -0.4 is 11.1 Å². The summed E-state index contributed by atoms with van der Waals surface area (Å²) in [6.07, 6.45) is 3.07. The average Bonchev–Trinajstić information content (AvgIpc) is 2.19. The minimum atomic E-state index is -0.461. The first-order valence-electron chi connectivity index (χ1n) is 4.30. The van der Waals surface area contributed by atoms with Crippen molar-refractivity contribution in [3.8, 4) is 0 Å². The lowest BCUT2D eigenvalue weighted by Gasteiger charge is -2.08. The van der Waals surface area contributed by atoms with Crippen molar-refractivity contribution in [3.05, 3.63) is 30.1 Å². The SMILES string of the molecule is NCC(O)CNCc1cccnc1. The van der Waals surface area contributed by atoms with Crippen LogP contribution in [0.4, 0.5) is 0 Å². The highest BCUT2D eigenvalue weighted by Gasteiger charge is 1.99. The van der Waals surface area contributed by atoms with E-state index in [9.17, 15) is 0 Å². The Balaban J connectivity index is 2.20. The molecule has 0 saturated carbocycles. The predicted octanol–water partition coefficient (Wildman–Crippen LogP) is -0.509. The first-order chi connectivity index (χ1) is 6.33. The Morgan fingerprint density at radius 1 is 1.62 bits per heavy atom. The van der Waals surface area contributed by atoms with E-state index in [0.29, 0.717) is 19.6 Å². The summed E-state index contributed by atoms with van der Waals surface area (Å²) < 4.78 is 0. The number of hydrogen-bond acceptors (Lipinski definition) is 4. The molecule has 1 heterocycles. The molecule has 1 atom stereocenters. The van der Waals surface area contributed by atoms with Crippen molar-refractivity contribution in [1.29, 1.82) is 0 Å². The van der Waals surface area contributed by atoms with Crippen LogP contribution in [0.15, 0.2) is 24.5 Å². The molecule has 0 radical (unpaired) electrons. The van der Waals surface area contributed by atoms with Crippen molar-refractivity contribution in [3.63, 3.8) is 0 Å². The minimum Gasteiger partial charge on any atom is -0.390 e. The summed E-state index contributed by atoms with van der Waals surface area (Å²) in [4.78, 5) is 3.98. The molecule has 0 aliphatic rings. The highest BCUT2D eigenvalue weighted by molar-refractivity contribution is 5.07. The molecule has 0 fully saturated rings. The van der Waals surface area contributed by atoms with Gasteiger partial charge in [-0.2, -0.15) is 0 Å². The van der Waals surface area contributed by atoms with E-state index in [1.54, 1.807) is 12.4 Å². The summed E-state index contributed by atoms with van der Waals surface area (Å²) in [6.45, 7) is 1.52. The van der Waals surface area contributed by atoms with E-state index < -0.39 is 6.10 Å². The third-order valence-electron chi connectivity index (χ3n) is 1.70. The van der Waals surface area contributed by atoms with Crippen LogP contribution in [0.25, 0.3) is 0 Å². The van der Waals surface area contributed by atoms with Gasteiger partial charge in [-0.05, 0) is 11.6 Å². The molecule has 0 saturated heterocycles. The van der Waals surface area contributed by atoms with Gasteiger partial charge in [0.1, 0.15) is 0 Å². The quantitative estimate of drug-likeness (QED) is 0.572. The van der Waals surface area contributed by atoms with Gasteiger partial charge in [-0.15, -0.1) is 0 Å². The standard InChI is InChI=1S/C9H15N3O/c10-4-9(13)7-12-6-8-2-1-3-11-5-8/h1-3,5,9,12-13H,4,6-7,10H2. The van der Waals surface area contributed by atoms with Crippen molar-refractivity contribution >= 4 is 0 Å². The van der Waals surface area contributed by atoms with Crippen LogP contribution >= 0.6 is 0 Å². The molecule has 0 spiro atoms. The molecular weight excluding hydrogens is 166 g/mol. The number of rotatable bonds is 5. The first kappa shape index (κ1) is 10.1. The third-order valence-corrected chi connectivity index (χ3v) is 1.70. The summed E-state index contributed by atoms with van der Waals surface area (Å²) in [5.41, 5.74) is 6.35. The zero-order valence-corrected chi connectivity index (χ0v) is 7.48. The van der Waals surface area contributed by atoms with Gasteiger partial charge in [-0.25, -0.2) is 0 Å². The second kappa shape index (κ2) is 5.64. The zero-order chi connectivity index (χ0) is 9.52. The average molecular weight is 181 g/mol. The molecule has 4 nitrogen and oxygen atoms in total. The lowest BCUT2D eigenvalue weighted by atomic mass is 10.3. The number of aliphatic hydroxyl groups is 1. The monoisotopic (exact) mass is 181 g/mol. The summed E-state index contributed by atoms with van der Waals surface area (Å²) in [5.74, 6) is 0. The fourth-order valence-electron chi connectivity index (χ4n) is 0.969. The lowest BCUT2D eigenvalue weighted by molar-refractivity contribution is 0.179. The van der Waals surface area contributed by atoms with Gasteiger partial charge in [0.05, 0.1) is 6.10 Å². The van der Waals surface area contributed by atoms with E-state index in [1.807, 2.05) is 12.1 Å². The summed E-state index contributed by atoms with van der Waals surface area (Å²) in [6, 6.07) is 3.87. The summed E-state index contributed by atoms with van der Waals surface area (Å²) in [5, 5.41) is 12.2. The highest BCUT2D eigenvalue weighted by atomic mass is 16.3. The van der Waals surface area contributed by atoms with Gasteiger partial charge in [0, 0.05) is 32.0 Å². The molecule has 0 aliphatic heterocycles. The number of pyridine rings is 1. The molecule has 1 aromatic rings. The largest absolute Gasteiger partial charge is 0.390 e. The number of nitrogens with two attached hydrogens (primary N) is 1. The molecule has 4 heteroatoms. The van der Waals surface area contributed by atoms with Crippen LogP contribution in [-0.4, -0.2) is 29.3 Å². The van der Waals surface area contributed by atoms with E-state index in [4.69, 9.17) is 10.8 Å². The lowest BCUT2D eigenvalue weighted by Crippen LogP contribution is -2.32.